The fraction of sp³-hybridized carbons (Fsp3) is 0.472. The Morgan fingerprint density at radius 1 is 0.880 bits per heavy atom. The van der Waals surface area contributed by atoms with E-state index in [0.29, 0.717) is 54.3 Å². The summed E-state index contributed by atoms with van der Waals surface area (Å²) in [6.45, 7) is 11.1. The van der Waals surface area contributed by atoms with Crippen LogP contribution in [0.15, 0.2) is 48.7 Å². The maximum Gasteiger partial charge on any atom is 0.416 e. The number of alkyl halides is 6. The van der Waals surface area contributed by atoms with Gasteiger partial charge in [0.1, 0.15) is 11.6 Å². The molecule has 2 atom stereocenters. The van der Waals surface area contributed by atoms with Crippen molar-refractivity contribution < 1.29 is 40.3 Å². The molecular weight excluding hydrogens is 667 g/mol. The molecule has 0 radical (unpaired) electrons. The van der Waals surface area contributed by atoms with Crippen LogP contribution in [0.2, 0.25) is 0 Å². The van der Waals surface area contributed by atoms with E-state index in [1.165, 1.54) is 39.2 Å². The number of piperazine rings is 2. The lowest BCUT2D eigenvalue weighted by molar-refractivity contribution is -0.143. The van der Waals surface area contributed by atoms with E-state index in [4.69, 9.17) is 0 Å². The molecule has 270 valence electrons. The van der Waals surface area contributed by atoms with Gasteiger partial charge < -0.3 is 14.7 Å². The van der Waals surface area contributed by atoms with Crippen LogP contribution in [-0.4, -0.2) is 78.5 Å². The van der Waals surface area contributed by atoms with Crippen molar-refractivity contribution in [1.82, 2.24) is 14.8 Å². The van der Waals surface area contributed by atoms with E-state index in [2.05, 4.69) is 21.7 Å². The first-order chi connectivity index (χ1) is 23.2. The van der Waals surface area contributed by atoms with Crippen molar-refractivity contribution in [3.8, 4) is 11.1 Å². The van der Waals surface area contributed by atoms with E-state index in [-0.39, 0.29) is 29.7 Å². The number of carbonyl (C=O) groups is 2. The van der Waals surface area contributed by atoms with Crippen LogP contribution in [0.3, 0.4) is 0 Å². The lowest BCUT2D eigenvalue weighted by atomic mass is 9.81. The van der Waals surface area contributed by atoms with Crippen LogP contribution >= 0.6 is 0 Å². The van der Waals surface area contributed by atoms with Gasteiger partial charge in [-0.05, 0) is 80.3 Å². The summed E-state index contributed by atoms with van der Waals surface area (Å²) in [5.41, 5.74) is -3.54. The number of amides is 2. The van der Waals surface area contributed by atoms with Crippen molar-refractivity contribution in [2.24, 2.45) is 0 Å². The first-order valence-corrected chi connectivity index (χ1v) is 16.3. The fourth-order valence-corrected chi connectivity index (χ4v) is 6.99. The molecule has 3 heterocycles. The van der Waals surface area contributed by atoms with Crippen LogP contribution in [0, 0.1) is 12.7 Å². The second-order valence-corrected chi connectivity index (χ2v) is 13.6. The minimum Gasteiger partial charge on any atom is -0.354 e. The highest BCUT2D eigenvalue weighted by molar-refractivity contribution is 6.03. The van der Waals surface area contributed by atoms with Crippen molar-refractivity contribution in [3.05, 3.63) is 76.7 Å². The molecule has 2 aliphatic heterocycles. The topological polar surface area (TPSA) is 60.0 Å². The first-order valence-electron chi connectivity index (χ1n) is 16.3. The van der Waals surface area contributed by atoms with Gasteiger partial charge in [-0.1, -0.05) is 13.0 Å². The standard InChI is InChI=1S/C36H40F7N5O2/c1-7-27-18-46-10-11-47(19-28(46)20-48(27)22(3)49)32-16-30(29-9-8-26(37)12-21(29)2)31(17-44-32)45(6)33(50)34(4,5)23-13-24(35(38,39)40)15-25(14-23)36(41,42)43/h8-9,12-17,27-28H,7,10-11,18-20H2,1-6H3/t27-,28?/m0/s1. The lowest BCUT2D eigenvalue weighted by Crippen LogP contribution is -2.65. The Morgan fingerprint density at radius 2 is 1.50 bits per heavy atom. The molecule has 2 fully saturated rings. The quantitative estimate of drug-likeness (QED) is 0.252. The fourth-order valence-electron chi connectivity index (χ4n) is 6.99. The summed E-state index contributed by atoms with van der Waals surface area (Å²) in [5, 5.41) is 0. The molecule has 2 amide bonds. The van der Waals surface area contributed by atoms with Crippen molar-refractivity contribution in [1.29, 1.82) is 0 Å². The van der Waals surface area contributed by atoms with Gasteiger partial charge in [0.15, 0.2) is 0 Å². The molecule has 0 aliphatic carbocycles. The number of pyridine rings is 1. The predicted octanol–water partition coefficient (Wildman–Crippen LogP) is 7.31. The second kappa shape index (κ2) is 13.5. The van der Waals surface area contributed by atoms with Gasteiger partial charge in [-0.25, -0.2) is 9.37 Å². The summed E-state index contributed by atoms with van der Waals surface area (Å²) < 4.78 is 96.5. The van der Waals surface area contributed by atoms with E-state index in [0.717, 1.165) is 24.4 Å². The number of hydrogen-bond acceptors (Lipinski definition) is 5. The molecule has 14 heteroatoms. The lowest BCUT2D eigenvalue weighted by Gasteiger charge is -2.50. The molecule has 2 aromatic carbocycles. The van der Waals surface area contributed by atoms with E-state index in [1.807, 2.05) is 4.90 Å². The van der Waals surface area contributed by atoms with Gasteiger partial charge in [-0.15, -0.1) is 0 Å². The van der Waals surface area contributed by atoms with Crippen molar-refractivity contribution in [2.75, 3.05) is 49.6 Å². The van der Waals surface area contributed by atoms with Gasteiger partial charge in [0.25, 0.3) is 0 Å². The third-order valence-electron chi connectivity index (χ3n) is 9.95. The number of halogens is 7. The molecule has 7 nitrogen and oxygen atoms in total. The Labute approximate surface area is 286 Å². The summed E-state index contributed by atoms with van der Waals surface area (Å²) in [6.07, 6.45) is -7.88. The first kappa shape index (κ1) is 37.1. The zero-order valence-electron chi connectivity index (χ0n) is 28.7. The number of aromatic nitrogens is 1. The number of carbonyl (C=O) groups excluding carboxylic acids is 2. The molecule has 50 heavy (non-hydrogen) atoms. The van der Waals surface area contributed by atoms with Crippen LogP contribution in [0.4, 0.5) is 42.2 Å². The molecule has 0 N–H and O–H groups in total. The molecule has 0 saturated carbocycles. The Bertz CT molecular complexity index is 1740. The van der Waals surface area contributed by atoms with Crippen LogP contribution in [-0.2, 0) is 27.4 Å². The highest BCUT2D eigenvalue weighted by atomic mass is 19.4. The summed E-state index contributed by atoms with van der Waals surface area (Å²) in [4.78, 5) is 38.7. The Hall–Kier alpha value is -4.20. The maximum atomic E-state index is 14.2. The number of benzene rings is 2. The van der Waals surface area contributed by atoms with Crippen LogP contribution in [0.25, 0.3) is 11.1 Å². The molecule has 1 aromatic heterocycles. The number of anilines is 2. The summed E-state index contributed by atoms with van der Waals surface area (Å²) in [5.74, 6) is -0.690. The molecule has 1 unspecified atom stereocenters. The SMILES string of the molecule is CC[C@H]1CN2CCN(c3cc(-c4ccc(F)cc4C)c(N(C)C(=O)C(C)(C)c4cc(C(F)(F)F)cc(C(F)(F)F)c4)cn3)CC2CN1C(C)=O. The Balaban J connectivity index is 1.53. The van der Waals surface area contributed by atoms with Gasteiger partial charge in [0.05, 0.1) is 28.4 Å². The van der Waals surface area contributed by atoms with E-state index < -0.39 is 46.2 Å². The highest BCUT2D eigenvalue weighted by Crippen LogP contribution is 2.41. The van der Waals surface area contributed by atoms with Crippen molar-refractivity contribution in [3.63, 3.8) is 0 Å². The third-order valence-corrected chi connectivity index (χ3v) is 9.95. The molecule has 0 spiro atoms. The zero-order valence-corrected chi connectivity index (χ0v) is 28.7. The summed E-state index contributed by atoms with van der Waals surface area (Å²) in [7, 11) is 1.38. The Morgan fingerprint density at radius 3 is 2.06 bits per heavy atom. The minimum absolute atomic E-state index is 0.0144. The number of fused-ring (bicyclic) bond motifs is 1. The molecular formula is C36H40F7N5O2. The number of nitrogens with zero attached hydrogens (tertiary/aromatic N) is 5. The average Bonchev–Trinajstić information content (AvgIpc) is 3.05. The van der Waals surface area contributed by atoms with E-state index >= 15 is 0 Å². The van der Waals surface area contributed by atoms with Crippen molar-refractivity contribution in [2.45, 2.75) is 70.9 Å². The molecule has 2 aliphatic rings. The predicted molar refractivity (Wildman–Crippen MR) is 176 cm³/mol. The average molecular weight is 708 g/mol. The highest BCUT2D eigenvalue weighted by Gasteiger charge is 2.42. The minimum atomic E-state index is -5.08. The van der Waals surface area contributed by atoms with E-state index in [9.17, 15) is 40.3 Å². The maximum absolute atomic E-state index is 14.2. The van der Waals surface area contributed by atoms with Gasteiger partial charge in [0, 0.05) is 64.3 Å². The van der Waals surface area contributed by atoms with Crippen molar-refractivity contribution >= 4 is 23.3 Å². The third kappa shape index (κ3) is 7.31. The van der Waals surface area contributed by atoms with Gasteiger partial charge >= 0.3 is 12.4 Å². The summed E-state index contributed by atoms with van der Waals surface area (Å²) in [6, 6.07) is 7.23. The molecule has 2 saturated heterocycles. The largest absolute Gasteiger partial charge is 0.416 e. The normalized spacial score (nSPS) is 19.0. The molecule has 0 bridgehead atoms. The molecule has 3 aromatic rings. The Kier molecular flexibility index (Phi) is 10.0. The number of aryl methyl sites for hydroxylation is 1. The van der Waals surface area contributed by atoms with E-state index in [1.54, 1.807) is 26.0 Å². The smallest absolute Gasteiger partial charge is 0.354 e. The second-order valence-electron chi connectivity index (χ2n) is 13.6. The number of hydrogen-bond donors (Lipinski definition) is 0. The zero-order chi connectivity index (χ0) is 36.9. The van der Waals surface area contributed by atoms with Gasteiger partial charge in [-0.3, -0.25) is 14.5 Å². The van der Waals surface area contributed by atoms with Gasteiger partial charge in [-0.2, -0.15) is 26.3 Å². The van der Waals surface area contributed by atoms with Crippen LogP contribution in [0.1, 0.15) is 56.4 Å². The van der Waals surface area contributed by atoms with Crippen LogP contribution < -0.4 is 9.80 Å². The molecule has 5 rings (SSSR count). The summed E-state index contributed by atoms with van der Waals surface area (Å²) >= 11 is 0. The number of likely N-dealkylation sites (N-methyl/N-ethyl adjacent to an activating group) is 1. The van der Waals surface area contributed by atoms with Crippen LogP contribution in [0.5, 0.6) is 0 Å². The van der Waals surface area contributed by atoms with Gasteiger partial charge in [0.2, 0.25) is 11.8 Å². The number of rotatable bonds is 6. The monoisotopic (exact) mass is 707 g/mol.